The van der Waals surface area contributed by atoms with Crippen LogP contribution in [0.1, 0.15) is 19.3 Å². The number of hydrogen-bond acceptors (Lipinski definition) is 3. The van der Waals surface area contributed by atoms with Crippen LogP contribution in [0.5, 0.6) is 0 Å². The number of nitrogens with two attached hydrogens (primary N) is 1. The van der Waals surface area contributed by atoms with Gasteiger partial charge >= 0.3 is 0 Å². The monoisotopic (exact) mass is 222 g/mol. The molecule has 4 nitrogen and oxygen atoms in total. The number of allylic oxidation sites excluding steroid dienone is 1. The summed E-state index contributed by atoms with van der Waals surface area (Å²) in [6, 6.07) is 0. The first-order valence-electron chi connectivity index (χ1n) is 5.76. The summed E-state index contributed by atoms with van der Waals surface area (Å²) in [5.74, 6) is 0.336. The molecule has 2 heterocycles. The maximum absolute atomic E-state index is 11.1. The molecule has 0 aromatic carbocycles. The summed E-state index contributed by atoms with van der Waals surface area (Å²) in [6.07, 6.45) is 8.74. The summed E-state index contributed by atoms with van der Waals surface area (Å²) in [5, 5.41) is 0. The van der Waals surface area contributed by atoms with Crippen molar-refractivity contribution in [3.05, 3.63) is 24.0 Å². The molecule has 0 unspecified atom stereocenters. The normalized spacial score (nSPS) is 22.0. The van der Waals surface area contributed by atoms with Crippen LogP contribution in [0.3, 0.4) is 0 Å². The van der Waals surface area contributed by atoms with Crippen LogP contribution >= 0.6 is 0 Å². The molecule has 2 N–H and O–H groups in total. The van der Waals surface area contributed by atoms with Crippen LogP contribution in [0.4, 0.5) is 0 Å². The Morgan fingerprint density at radius 3 is 2.94 bits per heavy atom. The van der Waals surface area contributed by atoms with Crippen molar-refractivity contribution in [2.24, 2.45) is 11.7 Å². The molecule has 0 aliphatic carbocycles. The number of carbonyl (C=O) groups is 1. The van der Waals surface area contributed by atoms with Crippen molar-refractivity contribution in [2.45, 2.75) is 19.3 Å². The molecular formula is C12H18N2O2. The van der Waals surface area contributed by atoms with Crippen molar-refractivity contribution in [3.63, 3.8) is 0 Å². The average Bonchev–Trinajstić information content (AvgIpc) is 2.30. The molecule has 1 fully saturated rings. The molecule has 0 bridgehead atoms. The molecule has 1 amide bonds. The largest absolute Gasteiger partial charge is 0.381 e. The third-order valence-electron chi connectivity index (χ3n) is 3.08. The van der Waals surface area contributed by atoms with Gasteiger partial charge < -0.3 is 15.4 Å². The SMILES string of the molecule is NC(=O)C1=CN(CC2CCOCC2)C=CC1. The summed E-state index contributed by atoms with van der Waals surface area (Å²) in [5.41, 5.74) is 5.96. The highest BCUT2D eigenvalue weighted by Gasteiger charge is 2.17. The second kappa shape index (κ2) is 5.16. The molecular weight excluding hydrogens is 204 g/mol. The molecule has 0 atom stereocenters. The summed E-state index contributed by atoms with van der Waals surface area (Å²) in [6.45, 7) is 2.67. The van der Waals surface area contributed by atoms with Crippen LogP contribution in [-0.4, -0.2) is 30.6 Å². The molecule has 0 aromatic heterocycles. The quantitative estimate of drug-likeness (QED) is 0.775. The lowest BCUT2D eigenvalue weighted by Crippen LogP contribution is -2.28. The van der Waals surface area contributed by atoms with Crippen molar-refractivity contribution >= 4 is 5.91 Å². The van der Waals surface area contributed by atoms with Gasteiger partial charge in [-0.1, -0.05) is 6.08 Å². The molecule has 0 aromatic rings. The number of amides is 1. The van der Waals surface area contributed by atoms with Gasteiger partial charge in [0, 0.05) is 31.5 Å². The van der Waals surface area contributed by atoms with Crippen LogP contribution in [0.15, 0.2) is 24.0 Å². The molecule has 0 spiro atoms. The Morgan fingerprint density at radius 1 is 1.50 bits per heavy atom. The number of primary amides is 1. The van der Waals surface area contributed by atoms with E-state index in [0.29, 0.717) is 17.9 Å². The van der Waals surface area contributed by atoms with Gasteiger partial charge in [0.1, 0.15) is 0 Å². The minimum Gasteiger partial charge on any atom is -0.381 e. The fraction of sp³-hybridized carbons (Fsp3) is 0.583. The minimum atomic E-state index is -0.318. The topological polar surface area (TPSA) is 55.6 Å². The summed E-state index contributed by atoms with van der Waals surface area (Å²) in [7, 11) is 0. The van der Waals surface area contributed by atoms with Gasteiger partial charge in [-0.2, -0.15) is 0 Å². The molecule has 2 aliphatic rings. The Kier molecular flexibility index (Phi) is 3.62. The second-order valence-electron chi connectivity index (χ2n) is 4.36. The zero-order valence-corrected chi connectivity index (χ0v) is 9.39. The van der Waals surface area contributed by atoms with Gasteiger partial charge in [0.2, 0.25) is 5.91 Å². The highest BCUT2D eigenvalue weighted by Crippen LogP contribution is 2.19. The lowest BCUT2D eigenvalue weighted by Gasteiger charge is -2.28. The van der Waals surface area contributed by atoms with Gasteiger partial charge in [-0.25, -0.2) is 0 Å². The Hall–Kier alpha value is -1.29. The van der Waals surface area contributed by atoms with E-state index in [9.17, 15) is 4.79 Å². The fourth-order valence-corrected chi connectivity index (χ4v) is 2.12. The van der Waals surface area contributed by atoms with Crippen LogP contribution < -0.4 is 5.73 Å². The van der Waals surface area contributed by atoms with Crippen molar-refractivity contribution in [3.8, 4) is 0 Å². The van der Waals surface area contributed by atoms with E-state index in [1.165, 1.54) is 0 Å². The Bertz CT molecular complexity index is 317. The third kappa shape index (κ3) is 2.85. The molecule has 16 heavy (non-hydrogen) atoms. The Morgan fingerprint density at radius 2 is 2.25 bits per heavy atom. The van der Waals surface area contributed by atoms with Crippen LogP contribution in [0.25, 0.3) is 0 Å². The van der Waals surface area contributed by atoms with Crippen molar-refractivity contribution in [1.29, 1.82) is 0 Å². The van der Waals surface area contributed by atoms with Crippen LogP contribution in [0.2, 0.25) is 0 Å². The van der Waals surface area contributed by atoms with E-state index in [-0.39, 0.29) is 5.91 Å². The second-order valence-corrected chi connectivity index (χ2v) is 4.36. The fourth-order valence-electron chi connectivity index (χ4n) is 2.12. The Balaban J connectivity index is 1.91. The minimum absolute atomic E-state index is 0.318. The van der Waals surface area contributed by atoms with Crippen molar-refractivity contribution in [2.75, 3.05) is 19.8 Å². The van der Waals surface area contributed by atoms with E-state index in [4.69, 9.17) is 10.5 Å². The van der Waals surface area contributed by atoms with Crippen LogP contribution in [-0.2, 0) is 9.53 Å². The predicted molar refractivity (Wildman–Crippen MR) is 61.3 cm³/mol. The molecule has 0 saturated carbocycles. The molecule has 4 heteroatoms. The van der Waals surface area contributed by atoms with Gasteiger partial charge in [0.05, 0.1) is 0 Å². The summed E-state index contributed by atoms with van der Waals surface area (Å²) >= 11 is 0. The number of carbonyl (C=O) groups excluding carboxylic acids is 1. The lowest BCUT2D eigenvalue weighted by atomic mass is 9.99. The van der Waals surface area contributed by atoms with Crippen LogP contribution in [0, 0.1) is 5.92 Å². The maximum atomic E-state index is 11.1. The first kappa shape index (κ1) is 11.2. The molecule has 2 aliphatic heterocycles. The summed E-state index contributed by atoms with van der Waals surface area (Å²) in [4.78, 5) is 13.1. The van der Waals surface area contributed by atoms with Crippen molar-refractivity contribution < 1.29 is 9.53 Å². The standard InChI is InChI=1S/C12H18N2O2/c13-12(15)11-2-1-5-14(9-11)8-10-3-6-16-7-4-10/h1,5,9-10H,2-4,6-8H2,(H2,13,15). The maximum Gasteiger partial charge on any atom is 0.246 e. The zero-order chi connectivity index (χ0) is 11.4. The highest BCUT2D eigenvalue weighted by atomic mass is 16.5. The molecule has 0 radical (unpaired) electrons. The Labute approximate surface area is 95.7 Å². The first-order valence-corrected chi connectivity index (χ1v) is 5.76. The van der Waals surface area contributed by atoms with E-state index in [1.54, 1.807) is 0 Å². The van der Waals surface area contributed by atoms with E-state index < -0.39 is 0 Å². The van der Waals surface area contributed by atoms with Gasteiger partial charge in [0.15, 0.2) is 0 Å². The number of rotatable bonds is 3. The predicted octanol–water partition coefficient (Wildman–Crippen LogP) is 1.00. The highest BCUT2D eigenvalue weighted by molar-refractivity contribution is 5.92. The third-order valence-corrected chi connectivity index (χ3v) is 3.08. The van der Waals surface area contributed by atoms with Gasteiger partial charge in [0.25, 0.3) is 0 Å². The number of ether oxygens (including phenoxy) is 1. The smallest absolute Gasteiger partial charge is 0.246 e. The van der Waals surface area contributed by atoms with E-state index in [1.807, 2.05) is 18.5 Å². The zero-order valence-electron chi connectivity index (χ0n) is 9.39. The van der Waals surface area contributed by atoms with Gasteiger partial charge in [-0.05, 0) is 31.4 Å². The molecule has 2 rings (SSSR count). The lowest BCUT2D eigenvalue weighted by molar-refractivity contribution is -0.114. The van der Waals surface area contributed by atoms with Gasteiger partial charge in [-0.15, -0.1) is 0 Å². The molecule has 88 valence electrons. The number of nitrogens with zero attached hydrogens (tertiary/aromatic N) is 1. The number of hydrogen-bond donors (Lipinski definition) is 1. The average molecular weight is 222 g/mol. The van der Waals surface area contributed by atoms with Gasteiger partial charge in [-0.3, -0.25) is 4.79 Å². The van der Waals surface area contributed by atoms with E-state index >= 15 is 0 Å². The van der Waals surface area contributed by atoms with E-state index in [0.717, 1.165) is 32.6 Å². The first-order chi connectivity index (χ1) is 7.75. The summed E-state index contributed by atoms with van der Waals surface area (Å²) < 4.78 is 5.32. The molecule has 1 saturated heterocycles. The van der Waals surface area contributed by atoms with E-state index in [2.05, 4.69) is 4.90 Å². The van der Waals surface area contributed by atoms with Crippen molar-refractivity contribution in [1.82, 2.24) is 4.90 Å².